The summed E-state index contributed by atoms with van der Waals surface area (Å²) in [7, 11) is 1.68. The lowest BCUT2D eigenvalue weighted by Gasteiger charge is -2.27. The first-order valence-corrected chi connectivity index (χ1v) is 11.1. The molecule has 1 aliphatic heterocycles. The molecule has 0 radical (unpaired) electrons. The van der Waals surface area contributed by atoms with E-state index in [2.05, 4.69) is 25.6 Å². The van der Waals surface area contributed by atoms with Crippen LogP contribution in [0.3, 0.4) is 0 Å². The molecule has 1 saturated heterocycles. The molecule has 1 aliphatic carbocycles. The molecule has 9 heteroatoms. The Morgan fingerprint density at radius 3 is 2.87 bits per heavy atom. The standard InChI is InChI=1S/C22H28FN7O/c1-31-19-11-20-26-13-18(30(20)29-21(19)14-5-3-2-4-6-14)16-8-10-25-22(27-16)28-17-12-24-9-7-15(17)23/h8,10-11,13-15,17,24H,2-7,9,12H2,1H3,(H,25,27,28)/t15-,17-/m0/s1. The van der Waals surface area contributed by atoms with Crippen LogP contribution in [0.25, 0.3) is 17.0 Å². The molecule has 0 aromatic carbocycles. The molecule has 31 heavy (non-hydrogen) atoms. The highest BCUT2D eigenvalue weighted by Gasteiger charge is 2.26. The van der Waals surface area contributed by atoms with Crippen molar-refractivity contribution in [2.45, 2.75) is 56.7 Å². The fraction of sp³-hybridized carbons (Fsp3) is 0.545. The van der Waals surface area contributed by atoms with Gasteiger partial charge in [0.25, 0.3) is 0 Å². The number of anilines is 1. The second-order valence-electron chi connectivity index (χ2n) is 8.37. The van der Waals surface area contributed by atoms with E-state index in [0.717, 1.165) is 30.0 Å². The molecule has 3 aromatic heterocycles. The van der Waals surface area contributed by atoms with Gasteiger partial charge in [-0.2, -0.15) is 5.10 Å². The summed E-state index contributed by atoms with van der Waals surface area (Å²) < 4.78 is 21.7. The number of aromatic nitrogens is 5. The first-order valence-electron chi connectivity index (χ1n) is 11.1. The van der Waals surface area contributed by atoms with Crippen LogP contribution < -0.4 is 15.4 Å². The average molecular weight is 426 g/mol. The number of piperidine rings is 1. The zero-order valence-corrected chi connectivity index (χ0v) is 17.7. The monoisotopic (exact) mass is 425 g/mol. The number of rotatable bonds is 5. The van der Waals surface area contributed by atoms with Gasteiger partial charge in [0.15, 0.2) is 5.65 Å². The lowest BCUT2D eigenvalue weighted by molar-refractivity contribution is 0.240. The molecule has 0 bridgehead atoms. The van der Waals surface area contributed by atoms with Gasteiger partial charge < -0.3 is 15.4 Å². The topological polar surface area (TPSA) is 89.3 Å². The van der Waals surface area contributed by atoms with E-state index in [0.29, 0.717) is 42.7 Å². The van der Waals surface area contributed by atoms with Crippen LogP contribution in [-0.2, 0) is 0 Å². The van der Waals surface area contributed by atoms with Crippen LogP contribution in [-0.4, -0.2) is 57.0 Å². The van der Waals surface area contributed by atoms with E-state index in [1.165, 1.54) is 19.3 Å². The van der Waals surface area contributed by atoms with Crippen LogP contribution in [0.1, 0.15) is 50.1 Å². The molecule has 2 aliphatic rings. The number of methoxy groups -OCH3 is 1. The molecule has 0 unspecified atom stereocenters. The third kappa shape index (κ3) is 4.06. The van der Waals surface area contributed by atoms with Crippen LogP contribution in [0.4, 0.5) is 10.3 Å². The highest BCUT2D eigenvalue weighted by atomic mass is 19.1. The van der Waals surface area contributed by atoms with Crippen molar-refractivity contribution in [3.05, 3.63) is 30.2 Å². The van der Waals surface area contributed by atoms with E-state index < -0.39 is 6.17 Å². The van der Waals surface area contributed by atoms with Gasteiger partial charge in [0.05, 0.1) is 25.0 Å². The first kappa shape index (κ1) is 20.1. The van der Waals surface area contributed by atoms with Crippen molar-refractivity contribution in [2.24, 2.45) is 0 Å². The SMILES string of the molecule is COc1cc2ncc(-c3ccnc(N[C@H]4CNCC[C@@H]4F)n3)n2nc1C1CCCCC1. The number of ether oxygens (including phenoxy) is 1. The Morgan fingerprint density at radius 2 is 2.06 bits per heavy atom. The molecule has 2 fully saturated rings. The average Bonchev–Trinajstić information content (AvgIpc) is 3.23. The predicted molar refractivity (Wildman–Crippen MR) is 116 cm³/mol. The molecule has 2 N–H and O–H groups in total. The van der Waals surface area contributed by atoms with Crippen LogP contribution in [0.15, 0.2) is 24.5 Å². The molecule has 1 saturated carbocycles. The zero-order chi connectivity index (χ0) is 21.2. The highest BCUT2D eigenvalue weighted by molar-refractivity contribution is 5.61. The lowest BCUT2D eigenvalue weighted by Crippen LogP contribution is -2.46. The largest absolute Gasteiger partial charge is 0.495 e. The number of nitrogens with one attached hydrogen (secondary N) is 2. The van der Waals surface area contributed by atoms with Gasteiger partial charge in [-0.15, -0.1) is 0 Å². The predicted octanol–water partition coefficient (Wildman–Crippen LogP) is 3.35. The number of hydrogen-bond acceptors (Lipinski definition) is 7. The summed E-state index contributed by atoms with van der Waals surface area (Å²) in [6, 6.07) is 3.43. The number of fused-ring (bicyclic) bond motifs is 1. The van der Waals surface area contributed by atoms with Crippen molar-refractivity contribution < 1.29 is 9.13 Å². The zero-order valence-electron chi connectivity index (χ0n) is 17.7. The summed E-state index contributed by atoms with van der Waals surface area (Å²) in [4.78, 5) is 13.4. The molecule has 2 atom stereocenters. The first-order chi connectivity index (χ1) is 15.2. The van der Waals surface area contributed by atoms with Gasteiger partial charge in [-0.05, 0) is 31.9 Å². The number of alkyl halides is 1. The minimum absolute atomic E-state index is 0.341. The Balaban J connectivity index is 1.48. The molecule has 8 nitrogen and oxygen atoms in total. The number of hydrogen-bond donors (Lipinski definition) is 2. The Bertz CT molecular complexity index is 1050. The molecule has 0 amide bonds. The van der Waals surface area contributed by atoms with Gasteiger partial charge in [0.1, 0.15) is 23.3 Å². The maximum absolute atomic E-state index is 14.2. The quantitative estimate of drug-likeness (QED) is 0.648. The molecular weight excluding hydrogens is 397 g/mol. The van der Waals surface area contributed by atoms with E-state index in [1.807, 2.05) is 16.6 Å². The second kappa shape index (κ2) is 8.74. The van der Waals surface area contributed by atoms with Crippen LogP contribution in [0, 0.1) is 0 Å². The number of imidazole rings is 1. The van der Waals surface area contributed by atoms with Gasteiger partial charge >= 0.3 is 0 Å². The molecule has 3 aromatic rings. The minimum atomic E-state index is -0.920. The highest BCUT2D eigenvalue weighted by Crippen LogP contribution is 2.37. The fourth-order valence-corrected chi connectivity index (χ4v) is 4.61. The summed E-state index contributed by atoms with van der Waals surface area (Å²) in [5.74, 6) is 1.59. The Hall–Kier alpha value is -2.81. The van der Waals surface area contributed by atoms with Crippen LogP contribution >= 0.6 is 0 Å². The summed E-state index contributed by atoms with van der Waals surface area (Å²) in [5, 5.41) is 11.3. The van der Waals surface area contributed by atoms with Crippen molar-refractivity contribution in [3.8, 4) is 17.1 Å². The number of halogens is 1. The smallest absolute Gasteiger partial charge is 0.223 e. The summed E-state index contributed by atoms with van der Waals surface area (Å²) in [5.41, 5.74) is 3.16. The van der Waals surface area contributed by atoms with E-state index in [-0.39, 0.29) is 6.04 Å². The van der Waals surface area contributed by atoms with Gasteiger partial charge in [-0.3, -0.25) is 0 Å². The molecular formula is C22H28FN7O. The third-order valence-corrected chi connectivity index (χ3v) is 6.33. The third-order valence-electron chi connectivity index (χ3n) is 6.33. The van der Waals surface area contributed by atoms with Crippen molar-refractivity contribution in [1.82, 2.24) is 29.9 Å². The van der Waals surface area contributed by atoms with E-state index >= 15 is 0 Å². The minimum Gasteiger partial charge on any atom is -0.495 e. The normalized spacial score (nSPS) is 22.5. The molecule has 4 heterocycles. The Labute approximate surface area is 180 Å². The van der Waals surface area contributed by atoms with Gasteiger partial charge in [-0.25, -0.2) is 23.9 Å². The maximum Gasteiger partial charge on any atom is 0.223 e. The van der Waals surface area contributed by atoms with E-state index in [4.69, 9.17) is 9.84 Å². The summed E-state index contributed by atoms with van der Waals surface area (Å²) in [6.45, 7) is 1.25. The van der Waals surface area contributed by atoms with Gasteiger partial charge in [0.2, 0.25) is 5.95 Å². The van der Waals surface area contributed by atoms with E-state index in [1.54, 1.807) is 19.5 Å². The van der Waals surface area contributed by atoms with E-state index in [9.17, 15) is 4.39 Å². The fourth-order valence-electron chi connectivity index (χ4n) is 4.61. The van der Waals surface area contributed by atoms with Gasteiger partial charge in [0, 0.05) is 24.7 Å². The maximum atomic E-state index is 14.2. The summed E-state index contributed by atoms with van der Waals surface area (Å²) >= 11 is 0. The van der Waals surface area contributed by atoms with Crippen LogP contribution in [0.2, 0.25) is 0 Å². The van der Waals surface area contributed by atoms with Crippen molar-refractivity contribution >= 4 is 11.6 Å². The Morgan fingerprint density at radius 1 is 1.19 bits per heavy atom. The lowest BCUT2D eigenvalue weighted by atomic mass is 9.86. The summed E-state index contributed by atoms with van der Waals surface area (Å²) in [6.07, 6.45) is 8.98. The number of nitrogens with zero attached hydrogens (tertiary/aromatic N) is 5. The molecule has 164 valence electrons. The van der Waals surface area contributed by atoms with Gasteiger partial charge in [-0.1, -0.05) is 19.3 Å². The Kier molecular flexibility index (Phi) is 5.67. The van der Waals surface area contributed by atoms with Crippen molar-refractivity contribution in [1.29, 1.82) is 0 Å². The molecule has 5 rings (SSSR count). The van der Waals surface area contributed by atoms with Crippen LogP contribution in [0.5, 0.6) is 5.75 Å². The van der Waals surface area contributed by atoms with Crippen molar-refractivity contribution in [3.63, 3.8) is 0 Å². The van der Waals surface area contributed by atoms with Crippen molar-refractivity contribution in [2.75, 3.05) is 25.5 Å². The second-order valence-corrected chi connectivity index (χ2v) is 8.37. The molecule has 0 spiro atoms.